The summed E-state index contributed by atoms with van der Waals surface area (Å²) in [5, 5.41) is 14.4. The second-order valence-electron chi connectivity index (χ2n) is 2.98. The van der Waals surface area contributed by atoms with Crippen LogP contribution < -0.4 is 0 Å². The summed E-state index contributed by atoms with van der Waals surface area (Å²) in [6.45, 7) is 0. The summed E-state index contributed by atoms with van der Waals surface area (Å²) in [4.78, 5) is 4.08. The Morgan fingerprint density at radius 2 is 2.20 bits per heavy atom. The van der Waals surface area contributed by atoms with Crippen molar-refractivity contribution in [2.24, 2.45) is 0 Å². The molecule has 0 amide bonds. The van der Waals surface area contributed by atoms with Gasteiger partial charge in [-0.1, -0.05) is 11.6 Å². The van der Waals surface area contributed by atoms with Crippen LogP contribution in [0.3, 0.4) is 0 Å². The molecule has 5 heteroatoms. The second kappa shape index (κ2) is 4.61. The second-order valence-corrected chi connectivity index (χ2v) is 5.01. The summed E-state index contributed by atoms with van der Waals surface area (Å²) in [5.74, 6) is 0. The van der Waals surface area contributed by atoms with Gasteiger partial charge in [0.25, 0.3) is 0 Å². The van der Waals surface area contributed by atoms with Crippen LogP contribution in [-0.4, -0.2) is 10.1 Å². The zero-order valence-electron chi connectivity index (χ0n) is 7.52. The molecule has 1 atom stereocenters. The maximum absolute atomic E-state index is 10.0. The molecular weight excluding hydrogens is 298 g/mol. The van der Waals surface area contributed by atoms with Crippen molar-refractivity contribution < 1.29 is 5.11 Å². The Kier molecular flexibility index (Phi) is 3.41. The molecule has 1 unspecified atom stereocenters. The van der Waals surface area contributed by atoms with E-state index in [2.05, 4.69) is 20.9 Å². The van der Waals surface area contributed by atoms with Crippen molar-refractivity contribution in [3.63, 3.8) is 0 Å². The SMILES string of the molecule is OC(c1ccc(Cl)cn1)c1cscc1Br. The number of rotatable bonds is 2. The van der Waals surface area contributed by atoms with Gasteiger partial charge in [0.05, 0.1) is 10.7 Å². The lowest BCUT2D eigenvalue weighted by atomic mass is 10.1. The van der Waals surface area contributed by atoms with Crippen molar-refractivity contribution in [3.8, 4) is 0 Å². The molecule has 0 radical (unpaired) electrons. The highest BCUT2D eigenvalue weighted by atomic mass is 79.9. The maximum Gasteiger partial charge on any atom is 0.123 e. The minimum atomic E-state index is -0.706. The summed E-state index contributed by atoms with van der Waals surface area (Å²) >= 11 is 10.6. The van der Waals surface area contributed by atoms with Crippen molar-refractivity contribution >= 4 is 38.9 Å². The number of nitrogens with zero attached hydrogens (tertiary/aromatic N) is 1. The Bertz CT molecular complexity index is 457. The van der Waals surface area contributed by atoms with Gasteiger partial charge in [-0.05, 0) is 33.4 Å². The first kappa shape index (κ1) is 11.1. The Morgan fingerprint density at radius 1 is 1.40 bits per heavy atom. The number of aliphatic hydroxyl groups excluding tert-OH is 1. The van der Waals surface area contributed by atoms with Gasteiger partial charge in [-0.2, -0.15) is 11.3 Å². The van der Waals surface area contributed by atoms with Crippen LogP contribution in [0.5, 0.6) is 0 Å². The standard InChI is InChI=1S/C10H7BrClNOS/c11-8-5-15-4-7(8)10(14)9-2-1-6(12)3-13-9/h1-5,10,14H. The minimum Gasteiger partial charge on any atom is -0.382 e. The fourth-order valence-corrected chi connectivity index (χ4v) is 2.84. The average molecular weight is 305 g/mol. The van der Waals surface area contributed by atoms with Gasteiger partial charge < -0.3 is 5.11 Å². The first-order chi connectivity index (χ1) is 7.18. The van der Waals surface area contributed by atoms with E-state index >= 15 is 0 Å². The number of hydrogen-bond acceptors (Lipinski definition) is 3. The van der Waals surface area contributed by atoms with Gasteiger partial charge in [-0.3, -0.25) is 4.98 Å². The van der Waals surface area contributed by atoms with Crippen molar-refractivity contribution in [2.75, 3.05) is 0 Å². The first-order valence-electron chi connectivity index (χ1n) is 4.19. The lowest BCUT2D eigenvalue weighted by Crippen LogP contribution is -2.01. The normalized spacial score (nSPS) is 12.7. The predicted molar refractivity (Wildman–Crippen MR) is 65.3 cm³/mol. The van der Waals surface area contributed by atoms with E-state index in [0.717, 1.165) is 10.0 Å². The van der Waals surface area contributed by atoms with E-state index in [9.17, 15) is 5.11 Å². The van der Waals surface area contributed by atoms with Crippen molar-refractivity contribution in [1.82, 2.24) is 4.98 Å². The first-order valence-corrected chi connectivity index (χ1v) is 6.31. The lowest BCUT2D eigenvalue weighted by Gasteiger charge is -2.08. The molecule has 0 fully saturated rings. The van der Waals surface area contributed by atoms with Gasteiger partial charge in [0.1, 0.15) is 6.10 Å². The average Bonchev–Trinajstić information content (AvgIpc) is 2.65. The number of halogens is 2. The molecule has 0 aliphatic carbocycles. The van der Waals surface area contributed by atoms with E-state index in [1.165, 1.54) is 17.5 Å². The Hall–Kier alpha value is -0.420. The van der Waals surface area contributed by atoms with Crippen LogP contribution in [0, 0.1) is 0 Å². The summed E-state index contributed by atoms with van der Waals surface area (Å²) in [5.41, 5.74) is 1.42. The zero-order chi connectivity index (χ0) is 10.8. The largest absolute Gasteiger partial charge is 0.382 e. The van der Waals surface area contributed by atoms with Crippen LogP contribution in [-0.2, 0) is 0 Å². The smallest absolute Gasteiger partial charge is 0.123 e. The van der Waals surface area contributed by atoms with Gasteiger partial charge in [-0.25, -0.2) is 0 Å². The van der Waals surface area contributed by atoms with E-state index in [-0.39, 0.29) is 0 Å². The number of thiophene rings is 1. The minimum absolute atomic E-state index is 0.565. The topological polar surface area (TPSA) is 33.1 Å². The van der Waals surface area contributed by atoms with Crippen LogP contribution in [0.25, 0.3) is 0 Å². The van der Waals surface area contributed by atoms with E-state index in [0.29, 0.717) is 10.7 Å². The third-order valence-electron chi connectivity index (χ3n) is 1.97. The monoisotopic (exact) mass is 303 g/mol. The highest BCUT2D eigenvalue weighted by Gasteiger charge is 2.15. The van der Waals surface area contributed by atoms with Crippen LogP contribution in [0.4, 0.5) is 0 Å². The van der Waals surface area contributed by atoms with Gasteiger partial charge in [0.15, 0.2) is 0 Å². The molecule has 0 aliphatic rings. The lowest BCUT2D eigenvalue weighted by molar-refractivity contribution is 0.215. The Balaban J connectivity index is 2.32. The van der Waals surface area contributed by atoms with Gasteiger partial charge in [0, 0.05) is 21.6 Å². The fraction of sp³-hybridized carbons (Fsp3) is 0.100. The van der Waals surface area contributed by atoms with E-state index in [1.54, 1.807) is 12.1 Å². The van der Waals surface area contributed by atoms with Crippen LogP contribution in [0.1, 0.15) is 17.4 Å². The number of pyridine rings is 1. The Morgan fingerprint density at radius 3 is 2.73 bits per heavy atom. The number of aliphatic hydroxyl groups is 1. The van der Waals surface area contributed by atoms with E-state index < -0.39 is 6.10 Å². The van der Waals surface area contributed by atoms with Gasteiger partial charge >= 0.3 is 0 Å². The third-order valence-corrected chi connectivity index (χ3v) is 3.94. The van der Waals surface area contributed by atoms with Crippen LogP contribution in [0.15, 0.2) is 33.6 Å². The third kappa shape index (κ3) is 2.39. The molecule has 0 saturated carbocycles. The fourth-order valence-electron chi connectivity index (χ4n) is 1.19. The molecule has 78 valence electrons. The molecule has 2 aromatic rings. The van der Waals surface area contributed by atoms with Gasteiger partial charge in [0.2, 0.25) is 0 Å². The molecule has 2 heterocycles. The van der Waals surface area contributed by atoms with Crippen LogP contribution in [0.2, 0.25) is 5.02 Å². The summed E-state index contributed by atoms with van der Waals surface area (Å²) in [6.07, 6.45) is 0.823. The molecule has 2 aromatic heterocycles. The summed E-state index contributed by atoms with van der Waals surface area (Å²) in [7, 11) is 0. The highest BCUT2D eigenvalue weighted by Crippen LogP contribution is 2.30. The zero-order valence-corrected chi connectivity index (χ0v) is 10.7. The molecule has 0 spiro atoms. The molecule has 0 aromatic carbocycles. The van der Waals surface area contributed by atoms with Crippen LogP contribution >= 0.6 is 38.9 Å². The highest BCUT2D eigenvalue weighted by molar-refractivity contribution is 9.10. The number of hydrogen-bond donors (Lipinski definition) is 1. The summed E-state index contributed by atoms with van der Waals surface area (Å²) < 4.78 is 0.900. The molecule has 1 N–H and O–H groups in total. The molecule has 0 bridgehead atoms. The number of aromatic nitrogens is 1. The maximum atomic E-state index is 10.0. The predicted octanol–water partition coefficient (Wildman–Crippen LogP) is 3.64. The van der Waals surface area contributed by atoms with E-state index in [4.69, 9.17) is 11.6 Å². The van der Waals surface area contributed by atoms with Gasteiger partial charge in [-0.15, -0.1) is 0 Å². The Labute approximate surface area is 105 Å². The molecule has 0 aliphatic heterocycles. The molecule has 2 nitrogen and oxygen atoms in total. The summed E-state index contributed by atoms with van der Waals surface area (Å²) in [6, 6.07) is 3.44. The molecule has 15 heavy (non-hydrogen) atoms. The van der Waals surface area contributed by atoms with Crippen molar-refractivity contribution in [1.29, 1.82) is 0 Å². The van der Waals surface area contributed by atoms with Crippen molar-refractivity contribution in [2.45, 2.75) is 6.10 Å². The molecule has 2 rings (SSSR count). The van der Waals surface area contributed by atoms with Crippen molar-refractivity contribution in [3.05, 3.63) is 49.8 Å². The molecule has 0 saturated heterocycles. The van der Waals surface area contributed by atoms with E-state index in [1.807, 2.05) is 10.8 Å². The molecular formula is C10H7BrClNOS. The quantitative estimate of drug-likeness (QED) is 0.919.